The van der Waals surface area contributed by atoms with Gasteiger partial charge in [0.1, 0.15) is 4.49 Å². The number of hydrogen-bond donors (Lipinski definition) is 0. The van der Waals surface area contributed by atoms with Gasteiger partial charge in [-0.1, -0.05) is 71.2 Å². The Morgan fingerprint density at radius 2 is 1.77 bits per heavy atom. The molecule has 112 valence electrons. The SMILES string of the molecule is Cc1ccc(C2=NN(c3ccccc3)[C@H](C=C(Cl)Cl)C2)cc1. The molecule has 0 aromatic heterocycles. The Kier molecular flexibility index (Phi) is 4.51. The van der Waals surface area contributed by atoms with Crippen molar-refractivity contribution in [2.75, 3.05) is 5.01 Å². The van der Waals surface area contributed by atoms with E-state index >= 15 is 0 Å². The van der Waals surface area contributed by atoms with E-state index in [1.165, 1.54) is 5.56 Å². The van der Waals surface area contributed by atoms with Crippen LogP contribution in [0.25, 0.3) is 0 Å². The van der Waals surface area contributed by atoms with Crippen molar-refractivity contribution in [3.63, 3.8) is 0 Å². The van der Waals surface area contributed by atoms with Crippen LogP contribution in [0.3, 0.4) is 0 Å². The quantitative estimate of drug-likeness (QED) is 0.745. The second-order valence-electron chi connectivity index (χ2n) is 5.32. The highest BCUT2D eigenvalue weighted by Crippen LogP contribution is 2.29. The van der Waals surface area contributed by atoms with Crippen LogP contribution >= 0.6 is 23.2 Å². The molecule has 0 saturated heterocycles. The molecule has 2 nitrogen and oxygen atoms in total. The molecule has 3 rings (SSSR count). The third-order valence-electron chi connectivity index (χ3n) is 3.67. The highest BCUT2D eigenvalue weighted by Gasteiger charge is 2.27. The summed E-state index contributed by atoms with van der Waals surface area (Å²) in [5, 5.41) is 6.75. The third-order valence-corrected chi connectivity index (χ3v) is 3.92. The molecule has 0 radical (unpaired) electrons. The molecule has 0 bridgehead atoms. The predicted octanol–water partition coefficient (Wildman–Crippen LogP) is 5.30. The summed E-state index contributed by atoms with van der Waals surface area (Å²) in [7, 11) is 0. The van der Waals surface area contributed by atoms with Gasteiger partial charge in [0.05, 0.1) is 17.4 Å². The Hall–Kier alpha value is -1.77. The predicted molar refractivity (Wildman–Crippen MR) is 94.8 cm³/mol. The molecule has 1 heterocycles. The lowest BCUT2D eigenvalue weighted by Crippen LogP contribution is -2.24. The van der Waals surface area contributed by atoms with Crippen LogP contribution in [0.2, 0.25) is 0 Å². The Bertz CT molecular complexity index is 702. The van der Waals surface area contributed by atoms with Crippen molar-refractivity contribution in [3.8, 4) is 0 Å². The van der Waals surface area contributed by atoms with Gasteiger partial charge in [-0.2, -0.15) is 5.10 Å². The van der Waals surface area contributed by atoms with E-state index in [0.29, 0.717) is 0 Å². The van der Waals surface area contributed by atoms with E-state index in [2.05, 4.69) is 31.2 Å². The highest BCUT2D eigenvalue weighted by molar-refractivity contribution is 6.55. The highest BCUT2D eigenvalue weighted by atomic mass is 35.5. The van der Waals surface area contributed by atoms with Crippen LogP contribution in [-0.4, -0.2) is 11.8 Å². The van der Waals surface area contributed by atoms with Gasteiger partial charge in [0, 0.05) is 6.42 Å². The van der Waals surface area contributed by atoms with Crippen LogP contribution in [0.1, 0.15) is 17.5 Å². The van der Waals surface area contributed by atoms with Crippen molar-refractivity contribution in [1.82, 2.24) is 0 Å². The smallest absolute Gasteiger partial charge is 0.105 e. The van der Waals surface area contributed by atoms with Crippen molar-refractivity contribution in [3.05, 3.63) is 76.3 Å². The maximum Gasteiger partial charge on any atom is 0.105 e. The van der Waals surface area contributed by atoms with Gasteiger partial charge in [-0.15, -0.1) is 0 Å². The Morgan fingerprint density at radius 3 is 2.41 bits per heavy atom. The minimum absolute atomic E-state index is 0.0312. The summed E-state index contributed by atoms with van der Waals surface area (Å²) in [6.45, 7) is 2.08. The number of anilines is 1. The number of halogens is 2. The van der Waals surface area contributed by atoms with E-state index in [4.69, 9.17) is 28.3 Å². The molecular weight excluding hydrogens is 315 g/mol. The Balaban J connectivity index is 1.96. The van der Waals surface area contributed by atoms with Gasteiger partial charge in [-0.3, -0.25) is 5.01 Å². The molecule has 0 spiro atoms. The molecule has 1 aliphatic heterocycles. The van der Waals surface area contributed by atoms with Crippen LogP contribution < -0.4 is 5.01 Å². The molecular formula is C18H16Cl2N2. The van der Waals surface area contributed by atoms with Gasteiger partial charge in [0.25, 0.3) is 0 Å². The molecule has 0 unspecified atom stereocenters. The van der Waals surface area contributed by atoms with Gasteiger partial charge < -0.3 is 0 Å². The van der Waals surface area contributed by atoms with E-state index < -0.39 is 0 Å². The number of nitrogens with zero attached hydrogens (tertiary/aromatic N) is 2. The molecule has 2 aromatic rings. The summed E-state index contributed by atoms with van der Waals surface area (Å²) in [6, 6.07) is 18.5. The first-order chi connectivity index (χ1) is 10.6. The van der Waals surface area contributed by atoms with Crippen LogP contribution in [0.5, 0.6) is 0 Å². The van der Waals surface area contributed by atoms with Crippen molar-refractivity contribution in [2.45, 2.75) is 19.4 Å². The number of rotatable bonds is 3. The first-order valence-electron chi connectivity index (χ1n) is 7.15. The fraction of sp³-hybridized carbons (Fsp3) is 0.167. The lowest BCUT2D eigenvalue weighted by molar-refractivity contribution is 0.788. The Labute approximate surface area is 140 Å². The average Bonchev–Trinajstić information content (AvgIpc) is 2.92. The van der Waals surface area contributed by atoms with Gasteiger partial charge in [-0.25, -0.2) is 0 Å². The lowest BCUT2D eigenvalue weighted by Gasteiger charge is -2.20. The molecule has 0 aliphatic carbocycles. The van der Waals surface area contributed by atoms with Crippen molar-refractivity contribution in [2.24, 2.45) is 5.10 Å². The monoisotopic (exact) mass is 330 g/mol. The number of hydrazone groups is 1. The molecule has 4 heteroatoms. The van der Waals surface area contributed by atoms with E-state index in [-0.39, 0.29) is 10.5 Å². The van der Waals surface area contributed by atoms with Crippen molar-refractivity contribution >= 4 is 34.6 Å². The summed E-state index contributed by atoms with van der Waals surface area (Å²) >= 11 is 11.7. The number of para-hydroxylation sites is 1. The maximum absolute atomic E-state index is 5.87. The first-order valence-corrected chi connectivity index (χ1v) is 7.91. The number of benzene rings is 2. The first kappa shape index (κ1) is 15.1. The zero-order valence-corrected chi connectivity index (χ0v) is 13.7. The standard InChI is InChI=1S/C18H16Cl2N2/c1-13-7-9-14(10-8-13)17-11-16(12-18(19)20)22(21-17)15-5-3-2-4-6-15/h2-10,12,16H,11H2,1H3/t16-/m0/s1. The summed E-state index contributed by atoms with van der Waals surface area (Å²) < 4.78 is 0.270. The van der Waals surface area contributed by atoms with E-state index in [1.807, 2.05) is 41.4 Å². The molecule has 1 atom stereocenters. The molecule has 0 fully saturated rings. The second kappa shape index (κ2) is 6.55. The second-order valence-corrected chi connectivity index (χ2v) is 6.33. The lowest BCUT2D eigenvalue weighted by atomic mass is 10.0. The third kappa shape index (κ3) is 3.34. The minimum Gasteiger partial charge on any atom is -0.258 e. The van der Waals surface area contributed by atoms with E-state index in [1.54, 1.807) is 0 Å². The van der Waals surface area contributed by atoms with Gasteiger partial charge >= 0.3 is 0 Å². The minimum atomic E-state index is 0.0312. The molecule has 0 N–H and O–H groups in total. The van der Waals surface area contributed by atoms with Gasteiger partial charge in [0.2, 0.25) is 0 Å². The topological polar surface area (TPSA) is 15.6 Å². The van der Waals surface area contributed by atoms with Crippen LogP contribution in [0.4, 0.5) is 5.69 Å². The molecule has 0 saturated carbocycles. The molecule has 2 aromatic carbocycles. The van der Waals surface area contributed by atoms with Crippen LogP contribution in [0.15, 0.2) is 70.3 Å². The summed E-state index contributed by atoms with van der Waals surface area (Å²) in [6.07, 6.45) is 2.61. The molecule has 22 heavy (non-hydrogen) atoms. The fourth-order valence-electron chi connectivity index (χ4n) is 2.56. The largest absolute Gasteiger partial charge is 0.258 e. The number of hydrogen-bond acceptors (Lipinski definition) is 2. The summed E-state index contributed by atoms with van der Waals surface area (Å²) in [4.78, 5) is 0. The normalized spacial score (nSPS) is 17.3. The Morgan fingerprint density at radius 1 is 1.09 bits per heavy atom. The van der Waals surface area contributed by atoms with Crippen LogP contribution in [0, 0.1) is 6.92 Å². The number of aryl methyl sites for hydroxylation is 1. The van der Waals surface area contributed by atoms with E-state index in [0.717, 1.165) is 23.4 Å². The molecule has 0 amide bonds. The van der Waals surface area contributed by atoms with Crippen molar-refractivity contribution < 1.29 is 0 Å². The van der Waals surface area contributed by atoms with Gasteiger partial charge in [-0.05, 0) is 30.7 Å². The van der Waals surface area contributed by atoms with E-state index in [9.17, 15) is 0 Å². The maximum atomic E-state index is 5.87. The summed E-state index contributed by atoms with van der Waals surface area (Å²) in [5.41, 5.74) is 4.44. The van der Waals surface area contributed by atoms with Crippen LogP contribution in [-0.2, 0) is 0 Å². The zero-order chi connectivity index (χ0) is 15.5. The zero-order valence-electron chi connectivity index (χ0n) is 12.2. The van der Waals surface area contributed by atoms with Crippen molar-refractivity contribution in [1.29, 1.82) is 0 Å². The molecule has 1 aliphatic rings. The fourth-order valence-corrected chi connectivity index (χ4v) is 2.85. The summed E-state index contributed by atoms with van der Waals surface area (Å²) in [5.74, 6) is 0. The van der Waals surface area contributed by atoms with Gasteiger partial charge in [0.15, 0.2) is 0 Å². The average molecular weight is 331 g/mol.